The summed E-state index contributed by atoms with van der Waals surface area (Å²) in [6.07, 6.45) is 3.95. The maximum absolute atomic E-state index is 12.5. The first kappa shape index (κ1) is 18.0. The topological polar surface area (TPSA) is 72.9 Å². The number of carbonyl (C=O) groups excluding carboxylic acids is 1. The number of halogens is 1. The molecule has 1 heterocycles. The lowest BCUT2D eigenvalue weighted by atomic mass is 9.95. The van der Waals surface area contributed by atoms with E-state index in [1.165, 1.54) is 0 Å². The van der Waals surface area contributed by atoms with E-state index in [1.54, 1.807) is 6.20 Å². The molecular weight excluding hydrogens is 288 g/mol. The first-order chi connectivity index (χ1) is 9.19. The highest BCUT2D eigenvalue weighted by Crippen LogP contribution is 2.39. The van der Waals surface area contributed by atoms with Gasteiger partial charge >= 0.3 is 0 Å². The van der Waals surface area contributed by atoms with Gasteiger partial charge in [-0.05, 0) is 53.4 Å². The summed E-state index contributed by atoms with van der Waals surface area (Å²) in [7, 11) is 0. The van der Waals surface area contributed by atoms with E-state index < -0.39 is 0 Å². The summed E-state index contributed by atoms with van der Waals surface area (Å²) in [5, 5.41) is 7.46. The second kappa shape index (κ2) is 5.97. The van der Waals surface area contributed by atoms with Crippen LogP contribution in [-0.2, 0) is 5.54 Å². The highest BCUT2D eigenvalue weighted by molar-refractivity contribution is 5.95. The number of nitrogens with one attached hydrogen (secondary N) is 1. The molecule has 1 saturated carbocycles. The van der Waals surface area contributed by atoms with E-state index in [4.69, 9.17) is 5.73 Å². The fraction of sp³-hybridized carbons (Fsp3) is 0.733. The quantitative estimate of drug-likeness (QED) is 0.895. The molecule has 120 valence electrons. The Morgan fingerprint density at radius 3 is 2.38 bits per heavy atom. The molecule has 0 bridgehead atoms. The van der Waals surface area contributed by atoms with Gasteiger partial charge < -0.3 is 11.1 Å². The molecule has 6 heteroatoms. The number of carbonyl (C=O) groups is 1. The Bertz CT molecular complexity index is 516. The number of amides is 1. The zero-order valence-electron chi connectivity index (χ0n) is 13.6. The van der Waals surface area contributed by atoms with Gasteiger partial charge in [0.2, 0.25) is 0 Å². The van der Waals surface area contributed by atoms with Crippen molar-refractivity contribution in [3.63, 3.8) is 0 Å². The summed E-state index contributed by atoms with van der Waals surface area (Å²) in [4.78, 5) is 12.5. The SMILES string of the molecule is Cc1c(C(=O)NC(C)(CN)C2CC2)cnn1C(C)(C)C.Cl. The van der Waals surface area contributed by atoms with Gasteiger partial charge in [-0.3, -0.25) is 9.48 Å². The highest BCUT2D eigenvalue weighted by atomic mass is 35.5. The molecular formula is C15H27ClN4O. The third-order valence-electron chi connectivity index (χ3n) is 4.19. The smallest absolute Gasteiger partial charge is 0.255 e. The van der Waals surface area contributed by atoms with Crippen molar-refractivity contribution < 1.29 is 4.79 Å². The van der Waals surface area contributed by atoms with Crippen molar-refractivity contribution in [1.82, 2.24) is 15.1 Å². The lowest BCUT2D eigenvalue weighted by molar-refractivity contribution is 0.0897. The van der Waals surface area contributed by atoms with Crippen LogP contribution in [0.4, 0.5) is 0 Å². The van der Waals surface area contributed by atoms with E-state index in [1.807, 2.05) is 18.5 Å². The maximum Gasteiger partial charge on any atom is 0.255 e. The van der Waals surface area contributed by atoms with E-state index in [-0.39, 0.29) is 29.4 Å². The van der Waals surface area contributed by atoms with Crippen LogP contribution in [0, 0.1) is 12.8 Å². The molecule has 1 unspecified atom stereocenters. The van der Waals surface area contributed by atoms with Crippen LogP contribution in [0.2, 0.25) is 0 Å². The first-order valence-corrected chi connectivity index (χ1v) is 7.27. The van der Waals surface area contributed by atoms with Gasteiger partial charge in [0.1, 0.15) is 0 Å². The first-order valence-electron chi connectivity index (χ1n) is 7.27. The average Bonchev–Trinajstić information content (AvgIpc) is 3.11. The molecule has 1 amide bonds. The van der Waals surface area contributed by atoms with E-state index in [0.29, 0.717) is 18.0 Å². The molecule has 1 aromatic rings. The van der Waals surface area contributed by atoms with Gasteiger partial charge in [-0.25, -0.2) is 0 Å². The van der Waals surface area contributed by atoms with Crippen LogP contribution in [0.15, 0.2) is 6.20 Å². The van der Waals surface area contributed by atoms with Crippen molar-refractivity contribution in [3.8, 4) is 0 Å². The third-order valence-corrected chi connectivity index (χ3v) is 4.19. The summed E-state index contributed by atoms with van der Waals surface area (Å²) in [6.45, 7) is 10.7. The van der Waals surface area contributed by atoms with Crippen LogP contribution in [0.5, 0.6) is 0 Å². The number of nitrogens with zero attached hydrogens (tertiary/aromatic N) is 2. The fourth-order valence-corrected chi connectivity index (χ4v) is 2.68. The molecule has 1 aliphatic rings. The standard InChI is InChI=1S/C15H26N4O.ClH/c1-10-12(8-17-19(10)14(2,3)4)13(20)18-15(5,9-16)11-6-7-11;/h8,11H,6-7,9,16H2,1-5H3,(H,18,20);1H. The Balaban J connectivity index is 0.00000220. The molecule has 0 saturated heterocycles. The second-order valence-corrected chi connectivity index (χ2v) is 7.08. The van der Waals surface area contributed by atoms with Crippen LogP contribution in [-0.4, -0.2) is 27.8 Å². The molecule has 1 atom stereocenters. The molecule has 0 aromatic carbocycles. The van der Waals surface area contributed by atoms with E-state index >= 15 is 0 Å². The molecule has 3 N–H and O–H groups in total. The molecule has 21 heavy (non-hydrogen) atoms. The van der Waals surface area contributed by atoms with E-state index in [0.717, 1.165) is 18.5 Å². The summed E-state index contributed by atoms with van der Waals surface area (Å²) in [5.74, 6) is 0.437. The van der Waals surface area contributed by atoms with Gasteiger partial charge in [-0.1, -0.05) is 0 Å². The van der Waals surface area contributed by atoms with Crippen molar-refractivity contribution >= 4 is 18.3 Å². The Morgan fingerprint density at radius 2 is 2.00 bits per heavy atom. The molecule has 2 rings (SSSR count). The monoisotopic (exact) mass is 314 g/mol. The van der Waals surface area contributed by atoms with Crippen molar-refractivity contribution in [2.75, 3.05) is 6.54 Å². The zero-order valence-corrected chi connectivity index (χ0v) is 14.4. The lowest BCUT2D eigenvalue weighted by Crippen LogP contribution is -2.53. The zero-order chi connectivity index (χ0) is 15.1. The van der Waals surface area contributed by atoms with Crippen molar-refractivity contribution in [1.29, 1.82) is 0 Å². The number of aromatic nitrogens is 2. The van der Waals surface area contributed by atoms with Gasteiger partial charge in [0.15, 0.2) is 0 Å². The second-order valence-electron chi connectivity index (χ2n) is 7.08. The maximum atomic E-state index is 12.5. The lowest BCUT2D eigenvalue weighted by Gasteiger charge is -2.29. The van der Waals surface area contributed by atoms with Gasteiger partial charge in [0, 0.05) is 12.2 Å². The van der Waals surface area contributed by atoms with Crippen molar-refractivity contribution in [2.45, 2.75) is 58.5 Å². The molecule has 1 fully saturated rings. The minimum atomic E-state index is -0.298. The minimum Gasteiger partial charge on any atom is -0.345 e. The van der Waals surface area contributed by atoms with Crippen LogP contribution in [0.3, 0.4) is 0 Å². The molecule has 0 radical (unpaired) electrons. The number of rotatable bonds is 4. The third kappa shape index (κ3) is 3.58. The van der Waals surface area contributed by atoms with Gasteiger partial charge in [-0.2, -0.15) is 5.10 Å². The molecule has 0 spiro atoms. The molecule has 1 aromatic heterocycles. The molecule has 1 aliphatic carbocycles. The summed E-state index contributed by atoms with van der Waals surface area (Å²) < 4.78 is 1.89. The largest absolute Gasteiger partial charge is 0.345 e. The van der Waals surface area contributed by atoms with E-state index in [9.17, 15) is 4.79 Å². The Kier molecular flexibility index (Phi) is 5.11. The normalized spacial score (nSPS) is 17.8. The number of nitrogens with two attached hydrogens (primary N) is 1. The van der Waals surface area contributed by atoms with Crippen LogP contribution < -0.4 is 11.1 Å². The number of hydrogen-bond donors (Lipinski definition) is 2. The van der Waals surface area contributed by atoms with Crippen LogP contribution in [0.25, 0.3) is 0 Å². The van der Waals surface area contributed by atoms with Crippen LogP contribution >= 0.6 is 12.4 Å². The molecule has 5 nitrogen and oxygen atoms in total. The van der Waals surface area contributed by atoms with Gasteiger partial charge in [0.25, 0.3) is 5.91 Å². The molecule has 0 aliphatic heterocycles. The number of hydrogen-bond acceptors (Lipinski definition) is 3. The van der Waals surface area contributed by atoms with Crippen LogP contribution in [0.1, 0.15) is 56.6 Å². The van der Waals surface area contributed by atoms with Gasteiger partial charge in [0.05, 0.1) is 22.8 Å². The average molecular weight is 315 g/mol. The Hall–Kier alpha value is -1.07. The summed E-state index contributed by atoms with van der Waals surface area (Å²) in [5.41, 5.74) is 6.96. The van der Waals surface area contributed by atoms with E-state index in [2.05, 4.69) is 31.2 Å². The Morgan fingerprint density at radius 1 is 1.43 bits per heavy atom. The predicted molar refractivity (Wildman–Crippen MR) is 86.9 cm³/mol. The van der Waals surface area contributed by atoms with Crippen molar-refractivity contribution in [3.05, 3.63) is 17.5 Å². The van der Waals surface area contributed by atoms with Gasteiger partial charge in [-0.15, -0.1) is 12.4 Å². The fourth-order valence-electron chi connectivity index (χ4n) is 2.68. The summed E-state index contributed by atoms with van der Waals surface area (Å²) in [6, 6.07) is 0. The highest BCUT2D eigenvalue weighted by Gasteiger charge is 2.42. The Labute approximate surface area is 133 Å². The summed E-state index contributed by atoms with van der Waals surface area (Å²) >= 11 is 0. The minimum absolute atomic E-state index is 0. The predicted octanol–water partition coefficient (Wildman–Crippen LogP) is 2.23. The van der Waals surface area contributed by atoms with Crippen molar-refractivity contribution in [2.24, 2.45) is 11.7 Å².